The molecule has 0 unspecified atom stereocenters. The normalized spacial score (nSPS) is 15.2. The molecule has 0 bridgehead atoms. The zero-order valence-corrected chi connectivity index (χ0v) is 19.3. The monoisotopic (exact) mass is 466 g/mol. The van der Waals surface area contributed by atoms with E-state index in [4.69, 9.17) is 21.1 Å². The molecule has 2 aromatic carbocycles. The van der Waals surface area contributed by atoms with E-state index in [-0.39, 0.29) is 22.0 Å². The second-order valence-electron chi connectivity index (χ2n) is 7.32. The fraction of sp³-hybridized carbons (Fsp3) is 0.409. The molecule has 1 aliphatic heterocycles. The summed E-state index contributed by atoms with van der Waals surface area (Å²) in [5, 5.41) is 2.97. The molecule has 168 valence electrons. The summed E-state index contributed by atoms with van der Waals surface area (Å²) in [5.74, 6) is 0.750. The molecule has 0 radical (unpaired) electrons. The zero-order valence-electron chi connectivity index (χ0n) is 17.7. The van der Waals surface area contributed by atoms with Crippen molar-refractivity contribution >= 4 is 27.5 Å². The van der Waals surface area contributed by atoms with Gasteiger partial charge in [-0.15, -0.1) is 0 Å². The van der Waals surface area contributed by atoms with E-state index in [1.807, 2.05) is 0 Å². The Morgan fingerprint density at radius 1 is 1.03 bits per heavy atom. The zero-order chi connectivity index (χ0) is 22.4. The van der Waals surface area contributed by atoms with Gasteiger partial charge in [0.15, 0.2) is 0 Å². The Balaban J connectivity index is 1.79. The van der Waals surface area contributed by atoms with E-state index < -0.39 is 15.9 Å². The molecule has 3 rings (SSSR count). The van der Waals surface area contributed by atoms with Gasteiger partial charge in [-0.3, -0.25) is 4.79 Å². The van der Waals surface area contributed by atoms with E-state index in [1.54, 1.807) is 25.3 Å². The molecule has 1 N–H and O–H groups in total. The van der Waals surface area contributed by atoms with Gasteiger partial charge in [0.05, 0.1) is 29.7 Å². The van der Waals surface area contributed by atoms with Crippen LogP contribution < -0.4 is 14.8 Å². The lowest BCUT2D eigenvalue weighted by atomic mass is 10.1. The summed E-state index contributed by atoms with van der Waals surface area (Å²) >= 11 is 6.22. The lowest BCUT2D eigenvalue weighted by Gasteiger charge is -2.20. The minimum atomic E-state index is -3.68. The summed E-state index contributed by atoms with van der Waals surface area (Å²) in [5.41, 5.74) is 0.867. The largest absolute Gasteiger partial charge is 0.497 e. The van der Waals surface area contributed by atoms with Crippen LogP contribution in [0.4, 0.5) is 0 Å². The number of nitrogens with one attached hydrogen (secondary N) is 1. The van der Waals surface area contributed by atoms with Crippen LogP contribution in [-0.2, 0) is 16.6 Å². The number of sulfonamides is 1. The molecule has 2 aromatic rings. The molecule has 1 saturated heterocycles. The Labute approximate surface area is 188 Å². The van der Waals surface area contributed by atoms with Crippen LogP contribution in [0.25, 0.3) is 0 Å². The SMILES string of the molecule is COc1ccc(CNC(=O)c2cc(S(=O)(=O)N3CCCCCC3)ccc2Cl)c(OC)c1. The van der Waals surface area contributed by atoms with E-state index in [9.17, 15) is 13.2 Å². The Kier molecular flexibility index (Phi) is 7.80. The Bertz CT molecular complexity index is 1030. The fourth-order valence-corrected chi connectivity index (χ4v) is 5.29. The molecular formula is C22H27ClN2O5S. The summed E-state index contributed by atoms with van der Waals surface area (Å²) in [6.45, 7) is 1.17. The number of benzene rings is 2. The molecule has 31 heavy (non-hydrogen) atoms. The predicted octanol–water partition coefficient (Wildman–Crippen LogP) is 3.85. The average molecular weight is 467 g/mol. The van der Waals surface area contributed by atoms with Crippen molar-refractivity contribution in [1.82, 2.24) is 9.62 Å². The molecule has 7 nitrogen and oxygen atoms in total. The van der Waals surface area contributed by atoms with Gasteiger partial charge >= 0.3 is 0 Å². The number of carbonyl (C=O) groups excluding carboxylic acids is 1. The summed E-state index contributed by atoms with van der Waals surface area (Å²) < 4.78 is 38.2. The van der Waals surface area contributed by atoms with Crippen molar-refractivity contribution in [3.05, 3.63) is 52.5 Å². The highest BCUT2D eigenvalue weighted by Gasteiger charge is 2.26. The first-order chi connectivity index (χ1) is 14.9. The predicted molar refractivity (Wildman–Crippen MR) is 119 cm³/mol. The van der Waals surface area contributed by atoms with E-state index in [1.165, 1.54) is 29.6 Å². The molecule has 9 heteroatoms. The van der Waals surface area contributed by atoms with Gasteiger partial charge in [0.1, 0.15) is 11.5 Å². The number of ether oxygens (including phenoxy) is 2. The van der Waals surface area contributed by atoms with Crippen LogP contribution in [0.5, 0.6) is 11.5 Å². The smallest absolute Gasteiger partial charge is 0.253 e. The van der Waals surface area contributed by atoms with E-state index in [0.29, 0.717) is 24.6 Å². The highest BCUT2D eigenvalue weighted by Crippen LogP contribution is 2.26. The summed E-state index contributed by atoms with van der Waals surface area (Å²) in [6, 6.07) is 9.54. The Morgan fingerprint density at radius 3 is 2.39 bits per heavy atom. The molecule has 0 atom stereocenters. The van der Waals surface area contributed by atoms with Gasteiger partial charge in [-0.1, -0.05) is 24.4 Å². The molecule has 0 aliphatic carbocycles. The minimum absolute atomic E-state index is 0.0750. The first kappa shape index (κ1) is 23.4. The van der Waals surface area contributed by atoms with Crippen LogP contribution >= 0.6 is 11.6 Å². The average Bonchev–Trinajstić information content (AvgIpc) is 3.07. The third-order valence-corrected chi connectivity index (χ3v) is 7.54. The van der Waals surface area contributed by atoms with Gasteiger partial charge in [0.2, 0.25) is 10.0 Å². The molecular weight excluding hydrogens is 440 g/mol. The number of halogens is 1. The second kappa shape index (κ2) is 10.3. The lowest BCUT2D eigenvalue weighted by molar-refractivity contribution is 0.0950. The van der Waals surface area contributed by atoms with E-state index in [0.717, 1.165) is 31.2 Å². The van der Waals surface area contributed by atoms with Crippen LogP contribution in [0.15, 0.2) is 41.3 Å². The maximum absolute atomic E-state index is 13.1. The molecule has 1 aliphatic rings. The van der Waals surface area contributed by atoms with Gasteiger partial charge in [-0.25, -0.2) is 8.42 Å². The third kappa shape index (κ3) is 5.50. The van der Waals surface area contributed by atoms with Gasteiger partial charge in [-0.2, -0.15) is 4.31 Å². The molecule has 1 heterocycles. The van der Waals surface area contributed by atoms with Crippen LogP contribution in [-0.4, -0.2) is 45.9 Å². The highest BCUT2D eigenvalue weighted by molar-refractivity contribution is 7.89. The number of amides is 1. The topological polar surface area (TPSA) is 84.9 Å². The molecule has 1 fully saturated rings. The van der Waals surface area contributed by atoms with Gasteiger partial charge < -0.3 is 14.8 Å². The number of nitrogens with zero attached hydrogens (tertiary/aromatic N) is 1. The lowest BCUT2D eigenvalue weighted by Crippen LogP contribution is -2.32. The number of rotatable bonds is 7. The molecule has 0 aromatic heterocycles. The van der Waals surface area contributed by atoms with Crippen molar-refractivity contribution in [2.75, 3.05) is 27.3 Å². The molecule has 0 saturated carbocycles. The molecule has 1 amide bonds. The van der Waals surface area contributed by atoms with E-state index >= 15 is 0 Å². The first-order valence-corrected chi connectivity index (χ1v) is 12.0. The van der Waals surface area contributed by atoms with Crippen LogP contribution in [0.2, 0.25) is 5.02 Å². The Hall–Kier alpha value is -2.29. The van der Waals surface area contributed by atoms with Crippen LogP contribution in [0.1, 0.15) is 41.6 Å². The number of carbonyl (C=O) groups is 1. The fourth-order valence-electron chi connectivity index (χ4n) is 3.54. The van der Waals surface area contributed by atoms with Gasteiger partial charge in [0.25, 0.3) is 5.91 Å². The molecule has 0 spiro atoms. The van der Waals surface area contributed by atoms with E-state index in [2.05, 4.69) is 5.32 Å². The minimum Gasteiger partial charge on any atom is -0.497 e. The first-order valence-electron chi connectivity index (χ1n) is 10.2. The van der Waals surface area contributed by atoms with Crippen molar-refractivity contribution in [1.29, 1.82) is 0 Å². The number of hydrogen-bond donors (Lipinski definition) is 1. The van der Waals surface area contributed by atoms with Crippen molar-refractivity contribution < 1.29 is 22.7 Å². The van der Waals surface area contributed by atoms with Crippen LogP contribution in [0, 0.1) is 0 Å². The van der Waals surface area contributed by atoms with Crippen molar-refractivity contribution in [3.63, 3.8) is 0 Å². The van der Waals surface area contributed by atoms with Gasteiger partial charge in [-0.05, 0) is 43.2 Å². The Morgan fingerprint density at radius 2 is 1.74 bits per heavy atom. The second-order valence-corrected chi connectivity index (χ2v) is 9.67. The summed E-state index contributed by atoms with van der Waals surface area (Å²) in [6.07, 6.45) is 3.72. The number of methoxy groups -OCH3 is 2. The summed E-state index contributed by atoms with van der Waals surface area (Å²) in [7, 11) is -0.587. The third-order valence-electron chi connectivity index (χ3n) is 5.32. The number of hydrogen-bond acceptors (Lipinski definition) is 5. The highest BCUT2D eigenvalue weighted by atomic mass is 35.5. The summed E-state index contributed by atoms with van der Waals surface area (Å²) in [4.78, 5) is 12.9. The quantitative estimate of drug-likeness (QED) is 0.669. The van der Waals surface area contributed by atoms with Crippen LogP contribution in [0.3, 0.4) is 0 Å². The maximum atomic E-state index is 13.1. The standard InChI is InChI=1S/C22H27ClN2O5S/c1-29-17-8-7-16(21(13-17)30-2)15-24-22(26)19-14-18(9-10-20(19)23)31(27,28)25-11-5-3-4-6-12-25/h7-10,13-14H,3-6,11-12,15H2,1-2H3,(H,24,26). The van der Waals surface area contributed by atoms with Gasteiger partial charge in [0, 0.05) is 31.3 Å². The maximum Gasteiger partial charge on any atom is 0.253 e. The van der Waals surface area contributed by atoms with Crippen molar-refractivity contribution in [3.8, 4) is 11.5 Å². The van der Waals surface area contributed by atoms with Crippen molar-refractivity contribution in [2.45, 2.75) is 37.1 Å². The van der Waals surface area contributed by atoms with Crippen molar-refractivity contribution in [2.24, 2.45) is 0 Å².